The summed E-state index contributed by atoms with van der Waals surface area (Å²) in [6.45, 7) is 0. The molecule has 1 heterocycles. The van der Waals surface area contributed by atoms with Crippen molar-refractivity contribution in [3.8, 4) is 0 Å². The summed E-state index contributed by atoms with van der Waals surface area (Å²) in [6, 6.07) is 10.5. The van der Waals surface area contributed by atoms with Crippen molar-refractivity contribution in [3.05, 3.63) is 35.7 Å². The van der Waals surface area contributed by atoms with Gasteiger partial charge >= 0.3 is 0 Å². The van der Waals surface area contributed by atoms with Crippen LogP contribution in [0.25, 0.3) is 10.1 Å². The number of benzene rings is 1. The molecule has 0 saturated heterocycles. The van der Waals surface area contributed by atoms with E-state index >= 15 is 0 Å². The van der Waals surface area contributed by atoms with Crippen molar-refractivity contribution in [3.63, 3.8) is 0 Å². The molecule has 0 amide bonds. The Bertz CT molecular complexity index is 283. The summed E-state index contributed by atoms with van der Waals surface area (Å²) in [5.74, 6) is 0. The molecule has 48 valence electrons. The Hall–Kier alpha value is 0.102. The molecule has 0 N–H and O–H groups in total. The van der Waals surface area contributed by atoms with Crippen molar-refractivity contribution in [1.82, 2.24) is 0 Å². The van der Waals surface area contributed by atoms with Crippen LogP contribution < -0.4 is 0 Å². The van der Waals surface area contributed by atoms with Gasteiger partial charge in [-0.1, -0.05) is 18.2 Å². The summed E-state index contributed by atoms with van der Waals surface area (Å²) >= 11 is 1.79. The van der Waals surface area contributed by atoms with E-state index in [4.69, 9.17) is 0 Å². The number of thiophene rings is 1. The molecule has 2 rings (SSSR count). The third-order valence-corrected chi connectivity index (χ3v) is 2.26. The maximum absolute atomic E-state index is 2.14. The zero-order valence-corrected chi connectivity index (χ0v) is 10.1. The molecule has 0 spiro atoms. The first-order valence-electron chi connectivity index (χ1n) is 2.89. The summed E-state index contributed by atoms with van der Waals surface area (Å²) in [4.78, 5) is 0. The molecule has 0 aliphatic rings. The van der Waals surface area contributed by atoms with Gasteiger partial charge in [0.1, 0.15) is 0 Å². The van der Waals surface area contributed by atoms with Gasteiger partial charge in [-0.3, -0.25) is 0 Å². The Morgan fingerprint density at radius 2 is 1.80 bits per heavy atom. The summed E-state index contributed by atoms with van der Waals surface area (Å²) in [5, 5.41) is 3.47. The standard InChI is InChI=1S/C8H6S.Pb/c1-2-4-8-7(3-1)5-6-9-8;/h1-6H;. The monoisotopic (exact) mass is 342 g/mol. The van der Waals surface area contributed by atoms with Gasteiger partial charge in [0.05, 0.1) is 0 Å². The molecule has 0 fully saturated rings. The summed E-state index contributed by atoms with van der Waals surface area (Å²) in [7, 11) is 0. The SMILES string of the molecule is [Pb].c1ccc2sccc2c1. The molecule has 0 aliphatic heterocycles. The van der Waals surface area contributed by atoms with Crippen LogP contribution in [0.15, 0.2) is 35.7 Å². The van der Waals surface area contributed by atoms with Gasteiger partial charge in [-0.15, -0.1) is 11.3 Å². The fraction of sp³-hybridized carbons (Fsp3) is 0. The normalized spacial score (nSPS) is 9.20. The van der Waals surface area contributed by atoms with Crippen LogP contribution in [0.3, 0.4) is 0 Å². The second-order valence-corrected chi connectivity index (χ2v) is 2.91. The van der Waals surface area contributed by atoms with Gasteiger partial charge in [0.2, 0.25) is 0 Å². The fourth-order valence-electron chi connectivity index (χ4n) is 0.906. The van der Waals surface area contributed by atoms with Crippen LogP contribution in [0.4, 0.5) is 0 Å². The average molecular weight is 341 g/mol. The molecule has 0 atom stereocenters. The predicted molar refractivity (Wildman–Crippen MR) is 47.6 cm³/mol. The summed E-state index contributed by atoms with van der Waals surface area (Å²) in [5.41, 5.74) is 0. The third kappa shape index (κ3) is 1.40. The van der Waals surface area contributed by atoms with Crippen molar-refractivity contribution in [1.29, 1.82) is 0 Å². The molecule has 1 aromatic carbocycles. The minimum absolute atomic E-state index is 0. The maximum atomic E-state index is 2.14. The zero-order valence-electron chi connectivity index (χ0n) is 5.37. The van der Waals surface area contributed by atoms with Crippen LogP contribution in [0, 0.1) is 0 Å². The first-order chi connectivity index (χ1) is 4.47. The molecule has 10 heavy (non-hydrogen) atoms. The van der Waals surface area contributed by atoms with Crippen LogP contribution in [0.5, 0.6) is 0 Å². The molecule has 1 aromatic heterocycles. The van der Waals surface area contributed by atoms with Crippen molar-refractivity contribution in [2.75, 3.05) is 0 Å². The van der Waals surface area contributed by atoms with Crippen molar-refractivity contribution >= 4 is 48.7 Å². The second kappa shape index (κ2) is 3.48. The molecule has 0 nitrogen and oxygen atoms in total. The van der Waals surface area contributed by atoms with E-state index in [1.807, 2.05) is 0 Å². The molecule has 0 bridgehead atoms. The second-order valence-electron chi connectivity index (χ2n) is 1.96. The van der Waals surface area contributed by atoms with Gasteiger partial charge in [-0.2, -0.15) is 0 Å². The number of rotatable bonds is 0. The molecule has 2 aromatic rings. The van der Waals surface area contributed by atoms with Crippen LogP contribution in [0.1, 0.15) is 0 Å². The van der Waals surface area contributed by atoms with E-state index in [9.17, 15) is 0 Å². The largest absolute Gasteiger partial charge is 0.144 e. The zero-order chi connectivity index (χ0) is 6.10. The number of hydrogen-bond donors (Lipinski definition) is 0. The van der Waals surface area contributed by atoms with E-state index in [0.29, 0.717) is 0 Å². The van der Waals surface area contributed by atoms with Crippen molar-refractivity contribution in [2.45, 2.75) is 0 Å². The topological polar surface area (TPSA) is 0 Å². The van der Waals surface area contributed by atoms with Gasteiger partial charge in [-0.05, 0) is 22.9 Å². The Labute approximate surface area is 84.0 Å². The van der Waals surface area contributed by atoms with Crippen molar-refractivity contribution in [2.24, 2.45) is 0 Å². The smallest absolute Gasteiger partial charge is 0.0342 e. The Kier molecular flexibility index (Phi) is 2.85. The maximum Gasteiger partial charge on any atom is 0.0342 e. The Morgan fingerprint density at radius 1 is 1.00 bits per heavy atom. The van der Waals surface area contributed by atoms with Crippen LogP contribution in [0.2, 0.25) is 0 Å². The minimum atomic E-state index is 0. The van der Waals surface area contributed by atoms with E-state index in [0.717, 1.165) is 0 Å². The van der Waals surface area contributed by atoms with E-state index in [-0.39, 0.29) is 27.3 Å². The van der Waals surface area contributed by atoms with Gasteiger partial charge in [0, 0.05) is 32.0 Å². The molecular weight excluding hydrogens is 335 g/mol. The van der Waals surface area contributed by atoms with Gasteiger partial charge in [0.15, 0.2) is 0 Å². The van der Waals surface area contributed by atoms with Gasteiger partial charge < -0.3 is 0 Å². The molecular formula is C8H6PbS. The predicted octanol–water partition coefficient (Wildman–Crippen LogP) is 2.52. The van der Waals surface area contributed by atoms with Crippen molar-refractivity contribution < 1.29 is 0 Å². The van der Waals surface area contributed by atoms with Gasteiger partial charge in [-0.25, -0.2) is 0 Å². The van der Waals surface area contributed by atoms with E-state index < -0.39 is 0 Å². The average Bonchev–Trinajstić information content (AvgIpc) is 2.33. The van der Waals surface area contributed by atoms with Crippen LogP contribution in [-0.4, -0.2) is 27.3 Å². The molecule has 4 radical (unpaired) electrons. The van der Waals surface area contributed by atoms with Gasteiger partial charge in [0.25, 0.3) is 0 Å². The quantitative estimate of drug-likeness (QED) is 0.646. The summed E-state index contributed by atoms with van der Waals surface area (Å²) < 4.78 is 1.37. The Morgan fingerprint density at radius 3 is 2.60 bits per heavy atom. The molecule has 0 unspecified atom stereocenters. The Balaban J connectivity index is 0.000000500. The first kappa shape index (κ1) is 8.20. The third-order valence-electron chi connectivity index (χ3n) is 1.36. The fourth-order valence-corrected chi connectivity index (χ4v) is 1.70. The first-order valence-corrected chi connectivity index (χ1v) is 3.77. The molecule has 0 aliphatic carbocycles. The van der Waals surface area contributed by atoms with E-state index in [2.05, 4.69) is 35.7 Å². The van der Waals surface area contributed by atoms with E-state index in [1.165, 1.54) is 10.1 Å². The number of hydrogen-bond acceptors (Lipinski definition) is 1. The van der Waals surface area contributed by atoms with E-state index in [1.54, 1.807) is 11.3 Å². The summed E-state index contributed by atoms with van der Waals surface area (Å²) in [6.07, 6.45) is 0. The number of fused-ring (bicyclic) bond motifs is 1. The molecule has 2 heteroatoms. The molecule has 0 saturated carbocycles. The van der Waals surface area contributed by atoms with Crippen LogP contribution in [-0.2, 0) is 0 Å². The minimum Gasteiger partial charge on any atom is -0.144 e. The van der Waals surface area contributed by atoms with Crippen LogP contribution >= 0.6 is 11.3 Å².